The number of methoxy groups -OCH3 is 1. The van der Waals surface area contributed by atoms with Crippen LogP contribution in [0.15, 0.2) is 22.8 Å². The second-order valence-electron chi connectivity index (χ2n) is 14.4. The number of rotatable bonds is 6. The molecule has 0 aromatic rings. The number of carbonyl (C=O) groups excluding carboxylic acids is 4. The van der Waals surface area contributed by atoms with Crippen LogP contribution < -0.4 is 0 Å². The molecule has 4 aliphatic rings. The highest BCUT2D eigenvalue weighted by atomic mass is 16.6. The lowest BCUT2D eigenvalue weighted by atomic mass is 9.35. The summed E-state index contributed by atoms with van der Waals surface area (Å²) in [6, 6.07) is 0. The summed E-state index contributed by atoms with van der Waals surface area (Å²) >= 11 is 0. The van der Waals surface area contributed by atoms with Crippen LogP contribution in [0.3, 0.4) is 0 Å². The Morgan fingerprint density at radius 1 is 1.02 bits per heavy atom. The molecule has 0 aromatic heterocycles. The lowest BCUT2D eigenvalue weighted by molar-refractivity contribution is -0.277. The zero-order chi connectivity index (χ0) is 32.2. The quantitative estimate of drug-likeness (QED) is 0.195. The smallest absolute Gasteiger partial charge is 0.333 e. The van der Waals surface area contributed by atoms with Crippen molar-refractivity contribution in [2.24, 2.45) is 39.9 Å². The number of aliphatic hydroxyl groups excluding tert-OH is 2. The number of ketones is 1. The van der Waals surface area contributed by atoms with Gasteiger partial charge in [0, 0.05) is 43.1 Å². The molecule has 4 saturated carbocycles. The highest BCUT2D eigenvalue weighted by Crippen LogP contribution is 2.74. The van der Waals surface area contributed by atoms with Gasteiger partial charge in [-0.2, -0.15) is 0 Å². The number of carbonyl (C=O) groups is 4. The first-order valence-corrected chi connectivity index (χ1v) is 15.6. The van der Waals surface area contributed by atoms with Gasteiger partial charge in [0.05, 0.1) is 19.3 Å². The molecule has 43 heavy (non-hydrogen) atoms. The van der Waals surface area contributed by atoms with Crippen LogP contribution in [0, 0.1) is 39.9 Å². The maximum Gasteiger partial charge on any atom is 0.333 e. The molecule has 9 nitrogen and oxygen atoms in total. The van der Waals surface area contributed by atoms with Crippen LogP contribution in [0.25, 0.3) is 0 Å². The first-order valence-electron chi connectivity index (χ1n) is 15.6. The summed E-state index contributed by atoms with van der Waals surface area (Å²) in [5.41, 5.74) is -0.508. The number of fused-ring (bicyclic) bond motifs is 5. The summed E-state index contributed by atoms with van der Waals surface area (Å²) in [6.45, 7) is 14.5. The van der Waals surface area contributed by atoms with Crippen molar-refractivity contribution in [1.29, 1.82) is 0 Å². The van der Waals surface area contributed by atoms with Crippen LogP contribution in [0.4, 0.5) is 0 Å². The van der Waals surface area contributed by atoms with E-state index in [1.54, 1.807) is 0 Å². The molecule has 0 aliphatic heterocycles. The first kappa shape index (κ1) is 33.4. The molecule has 0 radical (unpaired) electrons. The van der Waals surface area contributed by atoms with Gasteiger partial charge in [0.1, 0.15) is 18.0 Å². The summed E-state index contributed by atoms with van der Waals surface area (Å²) in [5, 5.41) is 23.3. The van der Waals surface area contributed by atoms with Crippen molar-refractivity contribution in [2.75, 3.05) is 7.11 Å². The Hall–Kier alpha value is -2.52. The van der Waals surface area contributed by atoms with Gasteiger partial charge < -0.3 is 24.4 Å². The number of allylic oxidation sites excluding steroid dienone is 2. The predicted octanol–water partition coefficient (Wildman–Crippen LogP) is 4.48. The molecule has 0 amide bonds. The molecule has 0 bridgehead atoms. The highest BCUT2D eigenvalue weighted by molar-refractivity contribution is 5.91. The van der Waals surface area contributed by atoms with E-state index in [-0.39, 0.29) is 18.1 Å². The standard InChI is InChI=1S/C34H50O9/c1-17(2)11-10-12-21(31(40)41-9)26-22-15-24(38)29-32(6)14-13-23(37)18(3)27(32)28(43-20(5)36)30(39)34(29,8)33(22,7)16-25(26)42-19(4)35/h11,18,22-23,25,27-30,37,39H,10,12-16H2,1-9H3/t18-,22?,23-,25+,27?,28-,29?,30+,32+,33+,34-/m1/s1. The minimum absolute atomic E-state index is 0.0316. The van der Waals surface area contributed by atoms with E-state index in [2.05, 4.69) is 0 Å². The largest absolute Gasteiger partial charge is 0.466 e. The molecule has 0 spiro atoms. The maximum absolute atomic E-state index is 14.5. The molecule has 4 rings (SSSR count). The molecule has 0 heterocycles. The molecular weight excluding hydrogens is 552 g/mol. The number of esters is 3. The van der Waals surface area contributed by atoms with E-state index in [0.717, 1.165) is 5.57 Å². The van der Waals surface area contributed by atoms with E-state index in [4.69, 9.17) is 14.2 Å². The summed E-state index contributed by atoms with van der Waals surface area (Å²) in [4.78, 5) is 52.7. The Kier molecular flexibility index (Phi) is 9.13. The molecular formula is C34H50O9. The summed E-state index contributed by atoms with van der Waals surface area (Å²) in [7, 11) is 1.32. The van der Waals surface area contributed by atoms with Crippen LogP contribution in [0.1, 0.15) is 93.9 Å². The van der Waals surface area contributed by atoms with Crippen molar-refractivity contribution in [3.05, 3.63) is 22.8 Å². The van der Waals surface area contributed by atoms with Crippen LogP contribution >= 0.6 is 0 Å². The Bertz CT molecular complexity index is 1230. The second kappa shape index (κ2) is 11.8. The molecule has 0 saturated heterocycles. The maximum atomic E-state index is 14.5. The molecule has 4 fully saturated rings. The van der Waals surface area contributed by atoms with Crippen LogP contribution in [-0.4, -0.2) is 65.4 Å². The lowest BCUT2D eigenvalue weighted by Crippen LogP contribution is -2.74. The van der Waals surface area contributed by atoms with Gasteiger partial charge in [-0.3, -0.25) is 14.4 Å². The fourth-order valence-corrected chi connectivity index (χ4v) is 9.99. The molecule has 2 N–H and O–H groups in total. The van der Waals surface area contributed by atoms with Gasteiger partial charge in [0.2, 0.25) is 0 Å². The number of hydrogen-bond donors (Lipinski definition) is 2. The average Bonchev–Trinajstić information content (AvgIpc) is 3.17. The molecule has 4 aliphatic carbocycles. The van der Waals surface area contributed by atoms with Crippen LogP contribution in [0.5, 0.6) is 0 Å². The van der Waals surface area contributed by atoms with Gasteiger partial charge in [-0.1, -0.05) is 39.3 Å². The zero-order valence-corrected chi connectivity index (χ0v) is 27.2. The Labute approximate surface area is 255 Å². The van der Waals surface area contributed by atoms with Gasteiger partial charge in [-0.05, 0) is 74.2 Å². The Balaban J connectivity index is 1.96. The van der Waals surface area contributed by atoms with Gasteiger partial charge in [-0.15, -0.1) is 0 Å². The van der Waals surface area contributed by atoms with E-state index >= 15 is 0 Å². The fourth-order valence-electron chi connectivity index (χ4n) is 9.99. The van der Waals surface area contributed by atoms with Crippen molar-refractivity contribution >= 4 is 23.7 Å². The zero-order valence-electron chi connectivity index (χ0n) is 27.2. The predicted molar refractivity (Wildman–Crippen MR) is 158 cm³/mol. The summed E-state index contributed by atoms with van der Waals surface area (Å²) in [6.07, 6.45) is 0.759. The van der Waals surface area contributed by atoms with Crippen LogP contribution in [-0.2, 0) is 33.4 Å². The number of aliphatic hydroxyl groups is 2. The fraction of sp³-hybridized carbons (Fsp3) is 0.765. The summed E-state index contributed by atoms with van der Waals surface area (Å²) in [5.74, 6) is -3.46. The van der Waals surface area contributed by atoms with Crippen molar-refractivity contribution in [2.45, 2.75) is 118 Å². The second-order valence-corrected chi connectivity index (χ2v) is 14.4. The Morgan fingerprint density at radius 3 is 2.21 bits per heavy atom. The van der Waals surface area contributed by atoms with Gasteiger partial charge in [0.15, 0.2) is 0 Å². The number of hydrogen-bond acceptors (Lipinski definition) is 9. The van der Waals surface area contributed by atoms with Gasteiger partial charge >= 0.3 is 17.9 Å². The lowest BCUT2D eigenvalue weighted by Gasteiger charge is -2.69. The van der Waals surface area contributed by atoms with Crippen molar-refractivity contribution in [1.82, 2.24) is 0 Å². The van der Waals surface area contributed by atoms with E-state index in [1.807, 2.05) is 47.6 Å². The number of Topliss-reactive ketones (excluding diaryl/α,β-unsaturated/α-hetero) is 1. The van der Waals surface area contributed by atoms with E-state index < -0.39 is 76.3 Å². The average molecular weight is 603 g/mol. The molecule has 240 valence electrons. The third kappa shape index (κ3) is 5.18. The molecule has 9 heteroatoms. The topological polar surface area (TPSA) is 136 Å². The minimum atomic E-state index is -1.24. The monoisotopic (exact) mass is 602 g/mol. The normalized spacial score (nSPS) is 43.0. The third-order valence-corrected chi connectivity index (χ3v) is 11.8. The van der Waals surface area contributed by atoms with Gasteiger partial charge in [-0.25, -0.2) is 4.79 Å². The minimum Gasteiger partial charge on any atom is -0.466 e. The van der Waals surface area contributed by atoms with Crippen LogP contribution in [0.2, 0.25) is 0 Å². The van der Waals surface area contributed by atoms with Crippen molar-refractivity contribution in [3.63, 3.8) is 0 Å². The highest BCUT2D eigenvalue weighted by Gasteiger charge is 2.76. The molecule has 0 aromatic carbocycles. The van der Waals surface area contributed by atoms with E-state index in [1.165, 1.54) is 21.0 Å². The van der Waals surface area contributed by atoms with Crippen molar-refractivity contribution < 1.29 is 43.6 Å². The van der Waals surface area contributed by atoms with E-state index in [0.29, 0.717) is 43.3 Å². The summed E-state index contributed by atoms with van der Waals surface area (Å²) < 4.78 is 17.0. The first-order chi connectivity index (χ1) is 19.9. The molecule has 11 atom stereocenters. The molecule has 3 unspecified atom stereocenters. The van der Waals surface area contributed by atoms with Crippen molar-refractivity contribution in [3.8, 4) is 0 Å². The van der Waals surface area contributed by atoms with E-state index in [9.17, 15) is 29.4 Å². The Morgan fingerprint density at radius 2 is 1.65 bits per heavy atom. The number of ether oxygens (including phenoxy) is 3. The third-order valence-electron chi connectivity index (χ3n) is 11.8. The SMILES string of the molecule is COC(=O)C(CCC=C(C)C)=C1C2CC(=O)C3[C@@]4(C)CC[C@@H](O)[C@@H](C)C4[C@@H](OC(C)=O)[C@H](O)[C@]3(C)[C@@]2(C)C[C@@H]1OC(C)=O. The van der Waals surface area contributed by atoms with Gasteiger partial charge in [0.25, 0.3) is 0 Å².